The average molecular weight is 309 g/mol. The van der Waals surface area contributed by atoms with Crippen LogP contribution in [0.2, 0.25) is 5.02 Å². The van der Waals surface area contributed by atoms with E-state index in [-0.39, 0.29) is 21.4 Å². The summed E-state index contributed by atoms with van der Waals surface area (Å²) in [4.78, 5) is 0. The maximum Gasteiger partial charge on any atom is 0.168 e. The maximum absolute atomic E-state index is 13.4. The van der Waals surface area contributed by atoms with E-state index < -0.39 is 5.82 Å². The smallest absolute Gasteiger partial charge is 0.168 e. The Morgan fingerprint density at radius 1 is 1.73 bits per heavy atom. The first-order valence-electron chi connectivity index (χ1n) is 3.61. The van der Waals surface area contributed by atoms with Gasteiger partial charge in [-0.25, -0.2) is 4.39 Å². The molecule has 0 unspecified atom stereocenters. The summed E-state index contributed by atoms with van der Waals surface area (Å²) in [5.41, 5.74) is 5.18. The molecule has 0 aliphatic carbocycles. The number of hydrogen-bond donors (Lipinski definition) is 2. The topological polar surface area (TPSA) is 61.8 Å². The van der Waals surface area contributed by atoms with Crippen molar-refractivity contribution >= 4 is 50.5 Å². The maximum atomic E-state index is 13.4. The molecule has 78 valence electrons. The fraction of sp³-hybridized carbons (Fsp3) is 0. The third-order valence-corrected chi connectivity index (χ3v) is 2.53. The van der Waals surface area contributed by atoms with Crippen LogP contribution in [0.15, 0.2) is 10.5 Å². The lowest BCUT2D eigenvalue weighted by Crippen LogP contribution is -2.20. The molecule has 0 saturated heterocycles. The lowest BCUT2D eigenvalue weighted by atomic mass is 10.2. The van der Waals surface area contributed by atoms with Gasteiger partial charge in [0.2, 0.25) is 0 Å². The van der Waals surface area contributed by atoms with Crippen molar-refractivity contribution in [2.24, 2.45) is 5.73 Å². The van der Waals surface area contributed by atoms with Gasteiger partial charge in [-0.3, -0.25) is 0 Å². The number of anilines is 1. The molecule has 0 fully saturated rings. The van der Waals surface area contributed by atoms with Gasteiger partial charge in [-0.05, 0) is 34.2 Å². The molecule has 0 aliphatic rings. The second-order valence-corrected chi connectivity index (χ2v) is 4.21. The van der Waals surface area contributed by atoms with E-state index in [2.05, 4.69) is 33.5 Å². The average Bonchev–Trinajstić information content (AvgIpc) is 2.14. The second-order valence-electron chi connectivity index (χ2n) is 2.51. The molecule has 0 radical (unpaired) electrons. The third-order valence-electron chi connectivity index (χ3n) is 1.53. The van der Waals surface area contributed by atoms with Crippen molar-refractivity contribution in [1.82, 2.24) is 0 Å². The van der Waals surface area contributed by atoms with E-state index in [1.165, 1.54) is 6.07 Å². The highest BCUT2D eigenvalue weighted by Gasteiger charge is 2.16. The highest BCUT2D eigenvalue weighted by molar-refractivity contribution is 9.10. The number of hydrogen-bond acceptors (Lipinski definition) is 2. The van der Waals surface area contributed by atoms with Gasteiger partial charge >= 0.3 is 0 Å². The van der Waals surface area contributed by atoms with Crippen LogP contribution < -0.4 is 11.1 Å². The van der Waals surface area contributed by atoms with Crippen molar-refractivity contribution in [2.75, 3.05) is 5.32 Å². The van der Waals surface area contributed by atoms with Gasteiger partial charge in [-0.1, -0.05) is 11.6 Å². The summed E-state index contributed by atoms with van der Waals surface area (Å²) in [5, 5.41) is 11.1. The molecule has 1 aromatic carbocycles. The highest BCUT2D eigenvalue weighted by atomic mass is 79.9. The zero-order chi connectivity index (χ0) is 11.6. The first kappa shape index (κ1) is 12.2. The van der Waals surface area contributed by atoms with Crippen molar-refractivity contribution in [1.29, 1.82) is 5.26 Å². The van der Waals surface area contributed by atoms with Crippen LogP contribution in [0.25, 0.3) is 0 Å². The number of rotatable bonds is 1. The van der Waals surface area contributed by atoms with Crippen LogP contribution in [-0.4, -0.2) is 5.11 Å². The molecule has 0 bridgehead atoms. The number of benzene rings is 1. The van der Waals surface area contributed by atoms with Crippen molar-refractivity contribution in [2.45, 2.75) is 0 Å². The summed E-state index contributed by atoms with van der Waals surface area (Å²) >= 11 is 13.3. The Hall–Kier alpha value is -0.900. The molecule has 0 heterocycles. The second kappa shape index (κ2) is 4.75. The molecule has 0 spiro atoms. The van der Waals surface area contributed by atoms with E-state index in [1.807, 2.05) is 0 Å². The molecule has 0 aromatic heterocycles. The van der Waals surface area contributed by atoms with Crippen LogP contribution >= 0.6 is 39.7 Å². The molecule has 1 aromatic rings. The summed E-state index contributed by atoms with van der Waals surface area (Å²) in [5.74, 6) is -0.805. The Morgan fingerprint density at radius 2 is 2.33 bits per heavy atom. The highest BCUT2D eigenvalue weighted by Crippen LogP contribution is 2.32. The van der Waals surface area contributed by atoms with Crippen molar-refractivity contribution in [3.8, 4) is 6.07 Å². The quantitative estimate of drug-likeness (QED) is 0.618. The van der Waals surface area contributed by atoms with Crippen LogP contribution in [0.1, 0.15) is 5.56 Å². The molecular weight excluding hydrogens is 305 g/mol. The molecule has 0 atom stereocenters. The zero-order valence-electron chi connectivity index (χ0n) is 7.14. The van der Waals surface area contributed by atoms with Crippen molar-refractivity contribution in [3.05, 3.63) is 26.9 Å². The Morgan fingerprint density at radius 3 is 2.80 bits per heavy atom. The predicted octanol–water partition coefficient (Wildman–Crippen LogP) is 2.77. The number of nitrogens with one attached hydrogen (secondary N) is 1. The Labute approximate surface area is 104 Å². The Kier molecular flexibility index (Phi) is 3.85. The minimum atomic E-state index is -0.805. The van der Waals surface area contributed by atoms with Crippen LogP contribution in [0, 0.1) is 17.1 Å². The molecule has 0 saturated carbocycles. The van der Waals surface area contributed by atoms with E-state index in [0.29, 0.717) is 4.47 Å². The Balaban J connectivity index is 3.43. The molecule has 15 heavy (non-hydrogen) atoms. The van der Waals surface area contributed by atoms with E-state index >= 15 is 0 Å². The van der Waals surface area contributed by atoms with Crippen molar-refractivity contribution in [3.63, 3.8) is 0 Å². The minimum Gasteiger partial charge on any atom is -0.376 e. The molecule has 3 N–H and O–H groups in total. The summed E-state index contributed by atoms with van der Waals surface area (Å²) in [6.45, 7) is 0. The van der Waals surface area contributed by atoms with Crippen LogP contribution in [-0.2, 0) is 0 Å². The van der Waals surface area contributed by atoms with Crippen LogP contribution in [0.4, 0.5) is 10.1 Å². The molecule has 0 aliphatic heterocycles. The van der Waals surface area contributed by atoms with Gasteiger partial charge in [0.25, 0.3) is 0 Å². The van der Waals surface area contributed by atoms with Gasteiger partial charge in [0.1, 0.15) is 11.6 Å². The first-order chi connectivity index (χ1) is 6.97. The van der Waals surface area contributed by atoms with Gasteiger partial charge in [0, 0.05) is 4.47 Å². The molecule has 0 amide bonds. The van der Waals surface area contributed by atoms with E-state index in [9.17, 15) is 4.39 Å². The summed E-state index contributed by atoms with van der Waals surface area (Å²) in [6, 6.07) is 3.00. The van der Waals surface area contributed by atoms with Gasteiger partial charge < -0.3 is 11.1 Å². The number of nitrogens with two attached hydrogens (primary N) is 1. The summed E-state index contributed by atoms with van der Waals surface area (Å²) < 4.78 is 13.8. The third kappa shape index (κ3) is 2.56. The SMILES string of the molecule is N#Cc1c(F)c(Cl)cc(Br)c1NC(N)=S. The molecular formula is C8H4BrClFN3S. The fourth-order valence-corrected chi connectivity index (χ4v) is 1.91. The lowest BCUT2D eigenvalue weighted by Gasteiger charge is -2.10. The molecule has 3 nitrogen and oxygen atoms in total. The van der Waals surface area contributed by atoms with E-state index in [1.54, 1.807) is 6.07 Å². The molecule has 1 rings (SSSR count). The largest absolute Gasteiger partial charge is 0.376 e. The fourth-order valence-electron chi connectivity index (χ4n) is 0.946. The van der Waals surface area contributed by atoms with E-state index in [0.717, 1.165) is 0 Å². The Bertz CT molecular complexity index is 472. The number of halogens is 3. The summed E-state index contributed by atoms with van der Waals surface area (Å²) in [7, 11) is 0. The lowest BCUT2D eigenvalue weighted by molar-refractivity contribution is 0.625. The van der Waals surface area contributed by atoms with Crippen LogP contribution in [0.3, 0.4) is 0 Å². The normalized spacial score (nSPS) is 9.47. The monoisotopic (exact) mass is 307 g/mol. The number of nitriles is 1. The number of thiocarbonyl (C=S) groups is 1. The van der Waals surface area contributed by atoms with Gasteiger partial charge in [0.15, 0.2) is 10.9 Å². The van der Waals surface area contributed by atoms with E-state index in [4.69, 9.17) is 22.6 Å². The molecule has 7 heteroatoms. The summed E-state index contributed by atoms with van der Waals surface area (Å²) in [6.07, 6.45) is 0. The van der Waals surface area contributed by atoms with Crippen molar-refractivity contribution < 1.29 is 4.39 Å². The standard InChI is InChI=1S/C8H4BrClFN3S/c9-4-1-5(10)6(11)3(2-12)7(4)14-8(13)15/h1H,(H3,13,14,15). The predicted molar refractivity (Wildman–Crippen MR) is 64.2 cm³/mol. The van der Waals surface area contributed by atoms with Crippen LogP contribution in [0.5, 0.6) is 0 Å². The first-order valence-corrected chi connectivity index (χ1v) is 5.19. The van der Waals surface area contributed by atoms with Gasteiger partial charge in [-0.2, -0.15) is 5.26 Å². The number of nitrogens with zero attached hydrogens (tertiary/aromatic N) is 1. The van der Waals surface area contributed by atoms with Gasteiger partial charge in [-0.15, -0.1) is 0 Å². The zero-order valence-corrected chi connectivity index (χ0v) is 10.3. The minimum absolute atomic E-state index is 0.0612. The van der Waals surface area contributed by atoms with Gasteiger partial charge in [0.05, 0.1) is 10.7 Å².